The number of carbonyl (C=O) groups is 1. The number of thioether (sulfide) groups is 1. The minimum absolute atomic E-state index is 0.0586. The first-order chi connectivity index (χ1) is 10.6. The molecule has 1 saturated heterocycles. The molecule has 2 saturated carbocycles. The van der Waals surface area contributed by atoms with Gasteiger partial charge in [0.05, 0.1) is 10.7 Å². The van der Waals surface area contributed by atoms with Gasteiger partial charge in [-0.3, -0.25) is 14.9 Å². The van der Waals surface area contributed by atoms with Crippen LogP contribution in [0.15, 0.2) is 24.3 Å². The first-order valence-corrected chi connectivity index (χ1v) is 8.85. The summed E-state index contributed by atoms with van der Waals surface area (Å²) in [5.41, 5.74) is 0.984. The predicted octanol–water partition coefficient (Wildman–Crippen LogP) is 3.36. The van der Waals surface area contributed by atoms with Crippen molar-refractivity contribution < 1.29 is 9.72 Å². The number of non-ortho nitro benzene ring substituents is 1. The largest absolute Gasteiger partial charge is 0.323 e. The van der Waals surface area contributed by atoms with E-state index in [1.165, 1.54) is 25.3 Å². The zero-order valence-electron chi connectivity index (χ0n) is 12.2. The zero-order valence-corrected chi connectivity index (χ0v) is 13.0. The predicted molar refractivity (Wildman–Crippen MR) is 84.4 cm³/mol. The van der Waals surface area contributed by atoms with Crippen LogP contribution in [0.1, 0.15) is 36.6 Å². The molecule has 3 aliphatic rings. The van der Waals surface area contributed by atoms with Crippen LogP contribution < -0.4 is 0 Å². The van der Waals surface area contributed by atoms with Gasteiger partial charge in [-0.25, -0.2) is 0 Å². The van der Waals surface area contributed by atoms with Crippen molar-refractivity contribution in [3.05, 3.63) is 39.9 Å². The number of nitro groups is 1. The summed E-state index contributed by atoms with van der Waals surface area (Å²) in [6, 6.07) is 7.09. The molecule has 1 heterocycles. The standard InChI is InChI=1S/C16H18N2O3S/c19-15-9-22-16(12-2-1-3-13(8-12)18(20)21)17(15)14-7-10-4-5-11(14)6-10/h1-3,8,10-11,14,16H,4-7,9H2/t10-,11-,14+,16-/m1/s1. The number of nitro benzene ring substituents is 1. The van der Waals surface area contributed by atoms with Crippen LogP contribution in [-0.4, -0.2) is 27.5 Å². The summed E-state index contributed by atoms with van der Waals surface area (Å²) in [5.74, 6) is 2.09. The van der Waals surface area contributed by atoms with Crippen LogP contribution in [0.5, 0.6) is 0 Å². The van der Waals surface area contributed by atoms with E-state index in [1.807, 2.05) is 11.0 Å². The Hall–Kier alpha value is -1.56. The van der Waals surface area contributed by atoms with E-state index in [9.17, 15) is 14.9 Å². The first-order valence-electron chi connectivity index (χ1n) is 7.80. The van der Waals surface area contributed by atoms with E-state index in [1.54, 1.807) is 23.9 Å². The maximum absolute atomic E-state index is 12.4. The summed E-state index contributed by atoms with van der Waals surface area (Å²) in [6.07, 6.45) is 4.90. The van der Waals surface area contributed by atoms with E-state index in [0.29, 0.717) is 17.7 Å². The van der Waals surface area contributed by atoms with Crippen molar-refractivity contribution in [1.82, 2.24) is 4.90 Å². The number of hydrogen-bond acceptors (Lipinski definition) is 4. The van der Waals surface area contributed by atoms with Gasteiger partial charge >= 0.3 is 0 Å². The molecule has 1 amide bonds. The average Bonchev–Trinajstić information content (AvgIpc) is 3.22. The Morgan fingerprint density at radius 1 is 1.27 bits per heavy atom. The number of nitrogens with zero attached hydrogens (tertiary/aromatic N) is 2. The normalized spacial score (nSPS) is 33.6. The van der Waals surface area contributed by atoms with Crippen LogP contribution in [0.3, 0.4) is 0 Å². The molecule has 2 aliphatic carbocycles. The molecule has 4 rings (SSSR count). The van der Waals surface area contributed by atoms with Crippen molar-refractivity contribution in [2.24, 2.45) is 11.8 Å². The van der Waals surface area contributed by atoms with Gasteiger partial charge in [0, 0.05) is 18.2 Å². The zero-order chi connectivity index (χ0) is 15.3. The molecule has 1 aromatic carbocycles. The molecular formula is C16H18N2O3S. The van der Waals surface area contributed by atoms with Gasteiger partial charge in [-0.1, -0.05) is 18.6 Å². The minimum Gasteiger partial charge on any atom is -0.323 e. The van der Waals surface area contributed by atoms with Gasteiger partial charge in [-0.05, 0) is 36.7 Å². The van der Waals surface area contributed by atoms with Gasteiger partial charge < -0.3 is 4.90 Å². The number of fused-ring (bicyclic) bond motifs is 2. The lowest BCUT2D eigenvalue weighted by Gasteiger charge is -2.35. The van der Waals surface area contributed by atoms with Crippen LogP contribution in [0, 0.1) is 22.0 Å². The fourth-order valence-corrected chi connectivity index (χ4v) is 5.62. The van der Waals surface area contributed by atoms with Crippen molar-refractivity contribution in [1.29, 1.82) is 0 Å². The van der Waals surface area contributed by atoms with Crippen LogP contribution in [0.2, 0.25) is 0 Å². The fraction of sp³-hybridized carbons (Fsp3) is 0.562. The molecule has 2 bridgehead atoms. The molecule has 5 nitrogen and oxygen atoms in total. The lowest BCUT2D eigenvalue weighted by atomic mass is 9.93. The Kier molecular flexibility index (Phi) is 3.36. The number of benzene rings is 1. The third-order valence-corrected chi connectivity index (χ3v) is 6.56. The van der Waals surface area contributed by atoms with Crippen LogP contribution in [0.4, 0.5) is 5.69 Å². The second kappa shape index (κ2) is 5.26. The van der Waals surface area contributed by atoms with Crippen molar-refractivity contribution in [2.45, 2.75) is 37.1 Å². The number of carbonyl (C=O) groups excluding carboxylic acids is 1. The second-order valence-corrected chi connectivity index (χ2v) is 7.63. The molecule has 3 fully saturated rings. The highest BCUT2D eigenvalue weighted by atomic mass is 32.2. The lowest BCUT2D eigenvalue weighted by Crippen LogP contribution is -2.41. The third kappa shape index (κ3) is 2.20. The van der Waals surface area contributed by atoms with E-state index in [-0.39, 0.29) is 21.9 Å². The van der Waals surface area contributed by atoms with Crippen molar-refractivity contribution in [3.8, 4) is 0 Å². The highest BCUT2D eigenvalue weighted by molar-refractivity contribution is 8.00. The topological polar surface area (TPSA) is 63.4 Å². The summed E-state index contributed by atoms with van der Waals surface area (Å²) in [6.45, 7) is 0. The average molecular weight is 318 g/mol. The minimum atomic E-state index is -0.368. The molecule has 116 valence electrons. The van der Waals surface area contributed by atoms with Gasteiger partial charge in [0.2, 0.25) is 5.91 Å². The van der Waals surface area contributed by atoms with E-state index < -0.39 is 0 Å². The van der Waals surface area contributed by atoms with Gasteiger partial charge in [-0.15, -0.1) is 11.8 Å². The highest BCUT2D eigenvalue weighted by Crippen LogP contribution is 2.51. The molecule has 0 radical (unpaired) electrons. The molecule has 0 N–H and O–H groups in total. The number of rotatable bonds is 3. The molecule has 1 aliphatic heterocycles. The van der Waals surface area contributed by atoms with E-state index in [2.05, 4.69) is 0 Å². The van der Waals surface area contributed by atoms with Gasteiger partial charge in [0.1, 0.15) is 5.37 Å². The van der Waals surface area contributed by atoms with Crippen molar-refractivity contribution in [2.75, 3.05) is 5.75 Å². The van der Waals surface area contributed by atoms with Crippen LogP contribution in [-0.2, 0) is 4.79 Å². The van der Waals surface area contributed by atoms with Gasteiger partial charge in [-0.2, -0.15) is 0 Å². The summed E-state index contributed by atoms with van der Waals surface area (Å²) in [5, 5.41) is 10.9. The van der Waals surface area contributed by atoms with Crippen molar-refractivity contribution >= 4 is 23.4 Å². The Morgan fingerprint density at radius 3 is 2.82 bits per heavy atom. The molecule has 4 atom stereocenters. The van der Waals surface area contributed by atoms with Gasteiger partial charge in [0.25, 0.3) is 5.69 Å². The van der Waals surface area contributed by atoms with Crippen molar-refractivity contribution in [3.63, 3.8) is 0 Å². The summed E-state index contributed by atoms with van der Waals surface area (Å²) in [7, 11) is 0. The summed E-state index contributed by atoms with van der Waals surface area (Å²) >= 11 is 1.60. The monoisotopic (exact) mass is 318 g/mol. The number of hydrogen-bond donors (Lipinski definition) is 0. The maximum atomic E-state index is 12.4. The van der Waals surface area contributed by atoms with E-state index >= 15 is 0 Å². The Balaban J connectivity index is 1.64. The molecule has 0 aromatic heterocycles. The maximum Gasteiger partial charge on any atom is 0.269 e. The molecule has 0 spiro atoms. The SMILES string of the molecule is O=C1CS[C@H](c2cccc([N+](=O)[O-])c2)N1[C@H]1C[C@@H]2CC[C@@H]1C2. The van der Waals surface area contributed by atoms with Gasteiger partial charge in [0.15, 0.2) is 0 Å². The number of amides is 1. The molecule has 0 unspecified atom stereocenters. The molecule has 6 heteroatoms. The lowest BCUT2D eigenvalue weighted by molar-refractivity contribution is -0.384. The van der Waals surface area contributed by atoms with Crippen LogP contribution in [0.25, 0.3) is 0 Å². The highest BCUT2D eigenvalue weighted by Gasteiger charge is 2.48. The summed E-state index contributed by atoms with van der Waals surface area (Å²) in [4.78, 5) is 25.1. The fourth-order valence-electron chi connectivity index (χ4n) is 4.40. The molecular weight excluding hydrogens is 300 g/mol. The first kappa shape index (κ1) is 14.1. The molecule has 22 heavy (non-hydrogen) atoms. The third-order valence-electron chi connectivity index (χ3n) is 5.33. The smallest absolute Gasteiger partial charge is 0.269 e. The Morgan fingerprint density at radius 2 is 2.14 bits per heavy atom. The van der Waals surface area contributed by atoms with E-state index in [4.69, 9.17) is 0 Å². The summed E-state index contributed by atoms with van der Waals surface area (Å²) < 4.78 is 0. The van der Waals surface area contributed by atoms with Crippen LogP contribution >= 0.6 is 11.8 Å². The second-order valence-electron chi connectivity index (χ2n) is 6.56. The van der Waals surface area contributed by atoms with E-state index in [0.717, 1.165) is 17.9 Å². The Bertz CT molecular complexity index is 636. The quantitative estimate of drug-likeness (QED) is 0.633. The molecule has 1 aromatic rings. The Labute approximate surface area is 133 Å².